The minimum atomic E-state index is 0.167. The SMILES string of the molecule is CCc1cc(-c2nnc(N)nc2-c2ccccc2)cc2cccnc12. The molecule has 0 atom stereocenters. The summed E-state index contributed by atoms with van der Waals surface area (Å²) in [5, 5.41) is 9.41. The highest BCUT2D eigenvalue weighted by Crippen LogP contribution is 2.32. The predicted octanol–water partition coefficient (Wildman–Crippen LogP) is 3.90. The van der Waals surface area contributed by atoms with Gasteiger partial charge in [-0.15, -0.1) is 10.2 Å². The number of benzene rings is 2. The lowest BCUT2D eigenvalue weighted by Gasteiger charge is -2.11. The van der Waals surface area contributed by atoms with E-state index in [2.05, 4.69) is 45.3 Å². The average Bonchev–Trinajstić information content (AvgIpc) is 2.67. The van der Waals surface area contributed by atoms with E-state index in [1.165, 1.54) is 5.56 Å². The lowest BCUT2D eigenvalue weighted by molar-refractivity contribution is 0.996. The molecule has 2 aromatic carbocycles. The van der Waals surface area contributed by atoms with Gasteiger partial charge in [-0.05, 0) is 30.2 Å². The lowest BCUT2D eigenvalue weighted by Crippen LogP contribution is -2.02. The van der Waals surface area contributed by atoms with E-state index >= 15 is 0 Å². The molecule has 0 fully saturated rings. The van der Waals surface area contributed by atoms with Crippen LogP contribution in [0, 0.1) is 0 Å². The van der Waals surface area contributed by atoms with Crippen LogP contribution in [0.25, 0.3) is 33.4 Å². The van der Waals surface area contributed by atoms with Crippen molar-refractivity contribution in [3.63, 3.8) is 0 Å². The quantitative estimate of drug-likeness (QED) is 0.617. The third kappa shape index (κ3) is 2.80. The normalized spacial score (nSPS) is 10.9. The average molecular weight is 327 g/mol. The summed E-state index contributed by atoms with van der Waals surface area (Å²) in [6.45, 7) is 2.12. The van der Waals surface area contributed by atoms with Crippen molar-refractivity contribution in [3.8, 4) is 22.5 Å². The molecule has 0 aliphatic heterocycles. The smallest absolute Gasteiger partial charge is 0.240 e. The number of hydrogen-bond acceptors (Lipinski definition) is 5. The first-order valence-corrected chi connectivity index (χ1v) is 8.20. The van der Waals surface area contributed by atoms with E-state index in [0.29, 0.717) is 0 Å². The van der Waals surface area contributed by atoms with Crippen LogP contribution < -0.4 is 5.73 Å². The van der Waals surface area contributed by atoms with Gasteiger partial charge in [0, 0.05) is 22.7 Å². The van der Waals surface area contributed by atoms with Crippen molar-refractivity contribution in [2.75, 3.05) is 5.73 Å². The molecule has 5 nitrogen and oxygen atoms in total. The number of rotatable bonds is 3. The molecule has 0 bridgehead atoms. The summed E-state index contributed by atoms with van der Waals surface area (Å²) in [6.07, 6.45) is 2.71. The van der Waals surface area contributed by atoms with Gasteiger partial charge in [0.15, 0.2) is 0 Å². The van der Waals surface area contributed by atoms with Crippen LogP contribution in [-0.4, -0.2) is 20.2 Å². The molecule has 0 unspecified atom stereocenters. The van der Waals surface area contributed by atoms with Gasteiger partial charge in [-0.25, -0.2) is 4.98 Å². The highest BCUT2D eigenvalue weighted by atomic mass is 15.2. The molecule has 0 aliphatic carbocycles. The highest BCUT2D eigenvalue weighted by molar-refractivity contribution is 5.89. The summed E-state index contributed by atoms with van der Waals surface area (Å²) in [6, 6.07) is 18.1. The number of pyridine rings is 1. The van der Waals surface area contributed by atoms with Crippen LogP contribution in [0.5, 0.6) is 0 Å². The van der Waals surface area contributed by atoms with E-state index in [1.54, 1.807) is 0 Å². The number of hydrogen-bond donors (Lipinski definition) is 1. The van der Waals surface area contributed by atoms with Crippen LogP contribution in [0.1, 0.15) is 12.5 Å². The summed E-state index contributed by atoms with van der Waals surface area (Å²) in [5.41, 5.74) is 11.4. The number of aryl methyl sites for hydroxylation is 1. The van der Waals surface area contributed by atoms with E-state index in [4.69, 9.17) is 5.73 Å². The first kappa shape index (κ1) is 15.2. The Morgan fingerprint density at radius 1 is 0.880 bits per heavy atom. The van der Waals surface area contributed by atoms with Crippen molar-refractivity contribution < 1.29 is 0 Å². The Morgan fingerprint density at radius 2 is 1.72 bits per heavy atom. The maximum Gasteiger partial charge on any atom is 0.240 e. The van der Waals surface area contributed by atoms with Crippen molar-refractivity contribution in [1.29, 1.82) is 0 Å². The number of nitrogen functional groups attached to an aromatic ring is 1. The van der Waals surface area contributed by atoms with E-state index < -0.39 is 0 Å². The summed E-state index contributed by atoms with van der Waals surface area (Å²) < 4.78 is 0. The molecular weight excluding hydrogens is 310 g/mol. The van der Waals surface area contributed by atoms with Gasteiger partial charge in [0.1, 0.15) is 11.4 Å². The Morgan fingerprint density at radius 3 is 2.52 bits per heavy atom. The zero-order chi connectivity index (χ0) is 17.2. The van der Waals surface area contributed by atoms with Gasteiger partial charge in [-0.1, -0.05) is 43.3 Å². The summed E-state index contributed by atoms with van der Waals surface area (Å²) >= 11 is 0. The maximum atomic E-state index is 5.79. The summed E-state index contributed by atoms with van der Waals surface area (Å²) in [4.78, 5) is 8.95. The Kier molecular flexibility index (Phi) is 3.82. The highest BCUT2D eigenvalue weighted by Gasteiger charge is 2.14. The van der Waals surface area contributed by atoms with Gasteiger partial charge in [0.25, 0.3) is 0 Å². The minimum Gasteiger partial charge on any atom is -0.366 e. The van der Waals surface area contributed by atoms with E-state index in [-0.39, 0.29) is 5.95 Å². The lowest BCUT2D eigenvalue weighted by atomic mass is 9.98. The van der Waals surface area contributed by atoms with Crippen molar-refractivity contribution in [2.45, 2.75) is 13.3 Å². The second-order valence-electron chi connectivity index (χ2n) is 5.80. The molecule has 0 aliphatic rings. The van der Waals surface area contributed by atoms with Crippen LogP contribution in [0.2, 0.25) is 0 Å². The van der Waals surface area contributed by atoms with E-state index in [1.807, 2.05) is 42.6 Å². The molecule has 2 aromatic heterocycles. The van der Waals surface area contributed by atoms with Crippen molar-refractivity contribution >= 4 is 16.9 Å². The van der Waals surface area contributed by atoms with Crippen LogP contribution in [-0.2, 0) is 6.42 Å². The minimum absolute atomic E-state index is 0.167. The molecule has 5 heteroatoms. The molecular formula is C20H17N5. The Bertz CT molecular complexity index is 1040. The number of fused-ring (bicyclic) bond motifs is 1. The van der Waals surface area contributed by atoms with E-state index in [9.17, 15) is 0 Å². The first-order chi connectivity index (χ1) is 12.3. The molecule has 0 amide bonds. The fraction of sp³-hybridized carbons (Fsp3) is 0.100. The number of aromatic nitrogens is 4. The second-order valence-corrected chi connectivity index (χ2v) is 5.80. The Balaban J connectivity index is 1.98. The third-order valence-corrected chi connectivity index (χ3v) is 4.19. The molecule has 0 saturated heterocycles. The standard InChI is InChI=1S/C20H17N5/c1-2-13-11-16(12-15-9-6-10-22-17(13)15)19-18(23-20(21)25-24-19)14-7-4-3-5-8-14/h3-12H,2H2,1H3,(H2,21,23,25). The van der Waals surface area contributed by atoms with Crippen LogP contribution >= 0.6 is 0 Å². The van der Waals surface area contributed by atoms with Gasteiger partial charge in [-0.2, -0.15) is 0 Å². The fourth-order valence-corrected chi connectivity index (χ4v) is 3.00. The third-order valence-electron chi connectivity index (χ3n) is 4.19. The zero-order valence-electron chi connectivity index (χ0n) is 13.8. The summed E-state index contributed by atoms with van der Waals surface area (Å²) in [7, 11) is 0. The van der Waals surface area contributed by atoms with Crippen molar-refractivity contribution in [2.24, 2.45) is 0 Å². The van der Waals surface area contributed by atoms with Crippen molar-refractivity contribution in [1.82, 2.24) is 20.2 Å². The summed E-state index contributed by atoms with van der Waals surface area (Å²) in [5.74, 6) is 0.167. The number of anilines is 1. The maximum absolute atomic E-state index is 5.79. The Hall–Kier alpha value is -3.34. The number of nitrogens with zero attached hydrogens (tertiary/aromatic N) is 4. The van der Waals surface area contributed by atoms with E-state index in [0.717, 1.165) is 39.8 Å². The monoisotopic (exact) mass is 327 g/mol. The first-order valence-electron chi connectivity index (χ1n) is 8.20. The molecule has 122 valence electrons. The van der Waals surface area contributed by atoms with Crippen LogP contribution in [0.4, 0.5) is 5.95 Å². The molecule has 2 N–H and O–H groups in total. The van der Waals surface area contributed by atoms with Crippen molar-refractivity contribution in [3.05, 3.63) is 66.4 Å². The zero-order valence-corrected chi connectivity index (χ0v) is 13.8. The van der Waals surface area contributed by atoms with Crippen LogP contribution in [0.15, 0.2) is 60.8 Å². The second kappa shape index (κ2) is 6.28. The molecule has 0 spiro atoms. The van der Waals surface area contributed by atoms with Gasteiger partial charge < -0.3 is 5.73 Å². The molecule has 25 heavy (non-hydrogen) atoms. The molecule has 2 heterocycles. The molecule has 0 radical (unpaired) electrons. The van der Waals surface area contributed by atoms with Crippen LogP contribution in [0.3, 0.4) is 0 Å². The van der Waals surface area contributed by atoms with Gasteiger partial charge in [-0.3, -0.25) is 4.98 Å². The molecule has 0 saturated carbocycles. The topological polar surface area (TPSA) is 77.6 Å². The predicted molar refractivity (Wildman–Crippen MR) is 99.8 cm³/mol. The Labute approximate surface area is 145 Å². The van der Waals surface area contributed by atoms with Gasteiger partial charge in [0.2, 0.25) is 5.95 Å². The van der Waals surface area contributed by atoms with Gasteiger partial charge >= 0.3 is 0 Å². The largest absolute Gasteiger partial charge is 0.366 e. The number of nitrogens with two attached hydrogens (primary N) is 1. The fourth-order valence-electron chi connectivity index (χ4n) is 3.00. The molecule has 4 aromatic rings. The van der Waals surface area contributed by atoms with Gasteiger partial charge in [0.05, 0.1) is 5.52 Å². The molecule has 4 rings (SSSR count).